The van der Waals surface area contributed by atoms with Crippen molar-refractivity contribution in [3.8, 4) is 0 Å². The van der Waals surface area contributed by atoms with Crippen molar-refractivity contribution in [1.29, 1.82) is 0 Å². The first-order valence-corrected chi connectivity index (χ1v) is 7.37. The van der Waals surface area contributed by atoms with Crippen molar-refractivity contribution in [3.63, 3.8) is 0 Å². The lowest BCUT2D eigenvalue weighted by atomic mass is 10.0. The Bertz CT molecular complexity index is 628. The van der Waals surface area contributed by atoms with Gasteiger partial charge in [-0.3, -0.25) is 9.69 Å². The fraction of sp³-hybridized carbons (Fsp3) is 0.500. The SMILES string of the molecule is Cn1nnnc1C(S)C1=C(C(=O)O)N2C(=O)CC2SC1. The average molecular weight is 313 g/mol. The summed E-state index contributed by atoms with van der Waals surface area (Å²) in [6, 6.07) is 0. The van der Waals surface area contributed by atoms with E-state index in [2.05, 4.69) is 28.2 Å². The van der Waals surface area contributed by atoms with Gasteiger partial charge in [-0.2, -0.15) is 12.6 Å². The highest BCUT2D eigenvalue weighted by Gasteiger charge is 2.46. The first-order valence-electron chi connectivity index (χ1n) is 5.81. The first-order chi connectivity index (χ1) is 9.50. The zero-order valence-corrected chi connectivity index (χ0v) is 12.1. The number of carboxylic acids is 1. The van der Waals surface area contributed by atoms with Gasteiger partial charge >= 0.3 is 5.97 Å². The van der Waals surface area contributed by atoms with E-state index in [1.54, 1.807) is 7.05 Å². The summed E-state index contributed by atoms with van der Waals surface area (Å²) in [5.74, 6) is -0.341. The smallest absolute Gasteiger partial charge is 0.352 e. The molecule has 3 heterocycles. The summed E-state index contributed by atoms with van der Waals surface area (Å²) in [6.07, 6.45) is 0.386. The number of aromatic nitrogens is 4. The van der Waals surface area contributed by atoms with Gasteiger partial charge in [-0.05, 0) is 16.0 Å². The number of nitrogens with zero attached hydrogens (tertiary/aromatic N) is 5. The van der Waals surface area contributed by atoms with Crippen LogP contribution in [0.1, 0.15) is 17.5 Å². The van der Waals surface area contributed by atoms with Gasteiger partial charge in [0.1, 0.15) is 5.70 Å². The summed E-state index contributed by atoms with van der Waals surface area (Å²) in [5.41, 5.74) is 0.570. The molecular formula is C10H11N5O3S2. The third-order valence-corrected chi connectivity index (χ3v) is 5.09. The number of carbonyl (C=O) groups is 2. The Morgan fingerprint density at radius 1 is 1.60 bits per heavy atom. The molecule has 0 aromatic carbocycles. The standard InChI is InChI=1S/C10H11N5O3S2/c1-14-9(11-12-13-14)8(19)4-3-20-6-2-5(16)15(6)7(4)10(17)18/h6,8,19H,2-3H2,1H3,(H,17,18). The average Bonchev–Trinajstić information content (AvgIpc) is 2.82. The van der Waals surface area contributed by atoms with Crippen LogP contribution in [0.2, 0.25) is 0 Å². The number of β-lactam (4-membered cyclic amide) rings is 1. The van der Waals surface area contributed by atoms with Gasteiger partial charge in [0.15, 0.2) is 5.82 Å². The lowest BCUT2D eigenvalue weighted by Gasteiger charge is -2.44. The number of fused-ring (bicyclic) bond motifs is 1. The molecule has 2 aliphatic rings. The van der Waals surface area contributed by atoms with E-state index < -0.39 is 11.2 Å². The topological polar surface area (TPSA) is 101 Å². The summed E-state index contributed by atoms with van der Waals surface area (Å²) in [5, 5.41) is 19.9. The zero-order valence-electron chi connectivity index (χ0n) is 10.4. The quantitative estimate of drug-likeness (QED) is 0.590. The second kappa shape index (κ2) is 4.77. The number of amides is 1. The van der Waals surface area contributed by atoms with Gasteiger partial charge in [0.2, 0.25) is 5.91 Å². The number of tetrazole rings is 1. The molecule has 0 spiro atoms. The molecule has 1 aromatic rings. The van der Waals surface area contributed by atoms with E-state index in [1.165, 1.54) is 21.3 Å². The normalized spacial score (nSPS) is 23.4. The second-order valence-corrected chi connectivity index (χ2v) is 6.16. The highest BCUT2D eigenvalue weighted by molar-refractivity contribution is 8.00. The van der Waals surface area contributed by atoms with Gasteiger partial charge in [-0.15, -0.1) is 16.9 Å². The molecule has 0 aliphatic carbocycles. The van der Waals surface area contributed by atoms with Crippen LogP contribution >= 0.6 is 24.4 Å². The number of rotatable bonds is 3. The molecule has 1 amide bonds. The summed E-state index contributed by atoms with van der Waals surface area (Å²) in [6.45, 7) is 0. The highest BCUT2D eigenvalue weighted by Crippen LogP contribution is 2.44. The molecule has 3 rings (SSSR count). The summed E-state index contributed by atoms with van der Waals surface area (Å²) < 4.78 is 1.44. The van der Waals surface area contributed by atoms with Crippen LogP contribution in [-0.2, 0) is 16.6 Å². The molecule has 20 heavy (non-hydrogen) atoms. The minimum atomic E-state index is -1.12. The number of carbonyl (C=O) groups excluding carboxylic acids is 1. The predicted octanol–water partition coefficient (Wildman–Crippen LogP) is -0.175. The van der Waals surface area contributed by atoms with E-state index in [9.17, 15) is 14.7 Å². The number of hydrogen-bond donors (Lipinski definition) is 2. The van der Waals surface area contributed by atoms with Gasteiger partial charge in [0, 0.05) is 12.8 Å². The predicted molar refractivity (Wildman–Crippen MR) is 72.9 cm³/mol. The molecule has 106 valence electrons. The molecule has 0 radical (unpaired) electrons. The molecule has 2 atom stereocenters. The number of carboxylic acid groups (broad SMARTS) is 1. The Hall–Kier alpha value is -1.55. The molecule has 10 heteroatoms. The van der Waals surface area contributed by atoms with Crippen molar-refractivity contribution in [2.75, 3.05) is 5.75 Å². The van der Waals surface area contributed by atoms with Crippen molar-refractivity contribution < 1.29 is 14.7 Å². The molecule has 2 unspecified atom stereocenters. The third-order valence-electron chi connectivity index (χ3n) is 3.31. The Balaban J connectivity index is 2.04. The fourth-order valence-electron chi connectivity index (χ4n) is 2.27. The maximum Gasteiger partial charge on any atom is 0.352 e. The van der Waals surface area contributed by atoms with Crippen molar-refractivity contribution in [2.45, 2.75) is 17.0 Å². The second-order valence-electron chi connectivity index (χ2n) is 4.48. The van der Waals surface area contributed by atoms with Crippen molar-refractivity contribution in [3.05, 3.63) is 17.1 Å². The van der Waals surface area contributed by atoms with Crippen LogP contribution in [0, 0.1) is 0 Å². The van der Waals surface area contributed by atoms with E-state index in [0.717, 1.165) is 0 Å². The van der Waals surface area contributed by atoms with Gasteiger partial charge in [-0.1, -0.05) is 0 Å². The van der Waals surface area contributed by atoms with Crippen molar-refractivity contribution in [1.82, 2.24) is 25.1 Å². The Kier molecular flexibility index (Phi) is 3.21. The fourth-order valence-corrected chi connectivity index (χ4v) is 4.13. The van der Waals surface area contributed by atoms with Gasteiger partial charge in [-0.25, -0.2) is 9.48 Å². The van der Waals surface area contributed by atoms with E-state index in [4.69, 9.17) is 0 Å². The van der Waals surface area contributed by atoms with Gasteiger partial charge in [0.05, 0.1) is 17.0 Å². The zero-order chi connectivity index (χ0) is 14.4. The Labute approximate surface area is 123 Å². The molecule has 8 nitrogen and oxygen atoms in total. The van der Waals surface area contributed by atoms with Crippen LogP contribution in [0.4, 0.5) is 0 Å². The van der Waals surface area contributed by atoms with E-state index in [1.807, 2.05) is 0 Å². The highest BCUT2D eigenvalue weighted by atomic mass is 32.2. The number of thiol groups is 1. The monoisotopic (exact) mass is 313 g/mol. The molecule has 0 bridgehead atoms. The van der Waals surface area contributed by atoms with E-state index in [-0.39, 0.29) is 17.0 Å². The maximum absolute atomic E-state index is 11.6. The van der Waals surface area contributed by atoms with Crippen LogP contribution in [-0.4, -0.2) is 53.2 Å². The summed E-state index contributed by atoms with van der Waals surface area (Å²) in [4.78, 5) is 24.5. The third kappa shape index (κ3) is 1.90. The van der Waals surface area contributed by atoms with Crippen LogP contribution in [0.3, 0.4) is 0 Å². The number of hydrogen-bond acceptors (Lipinski definition) is 7. The molecular weight excluding hydrogens is 302 g/mol. The molecule has 1 fully saturated rings. The summed E-state index contributed by atoms with van der Waals surface area (Å²) >= 11 is 5.97. The van der Waals surface area contributed by atoms with E-state index in [0.29, 0.717) is 23.6 Å². The Morgan fingerprint density at radius 3 is 2.90 bits per heavy atom. The molecule has 1 saturated heterocycles. The lowest BCUT2D eigenvalue weighted by Crippen LogP contribution is -2.54. The van der Waals surface area contributed by atoms with Gasteiger partial charge in [0.25, 0.3) is 0 Å². The van der Waals surface area contributed by atoms with Crippen LogP contribution in [0.15, 0.2) is 11.3 Å². The van der Waals surface area contributed by atoms with Crippen LogP contribution in [0.5, 0.6) is 0 Å². The summed E-state index contributed by atoms with van der Waals surface area (Å²) in [7, 11) is 1.66. The van der Waals surface area contributed by atoms with Crippen LogP contribution < -0.4 is 0 Å². The largest absolute Gasteiger partial charge is 0.477 e. The molecule has 1 N–H and O–H groups in total. The van der Waals surface area contributed by atoms with Gasteiger partial charge < -0.3 is 5.11 Å². The first kappa shape index (κ1) is 13.4. The Morgan fingerprint density at radius 2 is 2.35 bits per heavy atom. The molecule has 1 aromatic heterocycles. The van der Waals surface area contributed by atoms with Crippen molar-refractivity contribution >= 4 is 36.3 Å². The number of thioether (sulfide) groups is 1. The minimum absolute atomic E-state index is 0.0213. The minimum Gasteiger partial charge on any atom is -0.477 e. The van der Waals surface area contributed by atoms with E-state index >= 15 is 0 Å². The number of aryl methyl sites for hydroxylation is 1. The number of aliphatic carboxylic acids is 1. The molecule has 0 saturated carbocycles. The van der Waals surface area contributed by atoms with Crippen LogP contribution in [0.25, 0.3) is 0 Å². The lowest BCUT2D eigenvalue weighted by molar-refractivity contribution is -0.146. The maximum atomic E-state index is 11.6. The molecule has 2 aliphatic heterocycles. The van der Waals surface area contributed by atoms with Crippen molar-refractivity contribution in [2.24, 2.45) is 7.05 Å².